The van der Waals surface area contributed by atoms with Crippen LogP contribution in [0.5, 0.6) is 11.5 Å². The van der Waals surface area contributed by atoms with Gasteiger partial charge in [0.15, 0.2) is 17.3 Å². The number of hydrogen-bond donors (Lipinski definition) is 0. The van der Waals surface area contributed by atoms with Crippen molar-refractivity contribution in [3.8, 4) is 22.8 Å². The minimum Gasteiger partial charge on any atom is -0.493 e. The molecule has 7 rings (SSSR count). The first-order valence-corrected chi connectivity index (χ1v) is 13.0. The molecule has 0 aliphatic carbocycles. The molecule has 1 aromatic heterocycles. The number of aromatic nitrogens is 1. The van der Waals surface area contributed by atoms with Gasteiger partial charge in [-0.1, -0.05) is 58.7 Å². The minimum absolute atomic E-state index is 0.0153. The summed E-state index contributed by atoms with van der Waals surface area (Å²) >= 11 is 12.2. The summed E-state index contributed by atoms with van der Waals surface area (Å²) in [6, 6.07) is 27.3. The van der Waals surface area contributed by atoms with Crippen LogP contribution in [0.15, 0.2) is 94.6 Å². The molecule has 0 bridgehead atoms. The third-order valence-corrected chi connectivity index (χ3v) is 7.57. The largest absolute Gasteiger partial charge is 0.493 e. The van der Waals surface area contributed by atoms with Crippen molar-refractivity contribution >= 4 is 39.8 Å². The number of rotatable bonds is 4. The van der Waals surface area contributed by atoms with Crippen LogP contribution in [-0.4, -0.2) is 23.0 Å². The summed E-state index contributed by atoms with van der Waals surface area (Å²) in [5, 5.41) is 13.6. The highest BCUT2D eigenvalue weighted by Crippen LogP contribution is 2.51. The number of nitrogens with zero attached hydrogens (tertiary/aromatic N) is 3. The van der Waals surface area contributed by atoms with Gasteiger partial charge in [0.2, 0.25) is 6.23 Å². The first kappa shape index (κ1) is 23.1. The Labute approximate surface area is 229 Å². The molecular formula is C30H21Cl2N3O3. The van der Waals surface area contributed by atoms with Crippen LogP contribution >= 0.6 is 23.2 Å². The van der Waals surface area contributed by atoms with E-state index in [0.717, 1.165) is 51.0 Å². The van der Waals surface area contributed by atoms with Gasteiger partial charge in [-0.2, -0.15) is 5.10 Å². The molecule has 0 radical (unpaired) electrons. The van der Waals surface area contributed by atoms with E-state index >= 15 is 0 Å². The third-order valence-electron chi connectivity index (χ3n) is 7.07. The number of methoxy groups -OCH3 is 1. The maximum atomic E-state index is 6.65. The van der Waals surface area contributed by atoms with Gasteiger partial charge in [-0.15, -0.1) is 0 Å². The Kier molecular flexibility index (Phi) is 5.53. The highest BCUT2D eigenvalue weighted by atomic mass is 35.5. The van der Waals surface area contributed by atoms with Crippen molar-refractivity contribution in [2.75, 3.05) is 7.11 Å². The van der Waals surface area contributed by atoms with E-state index < -0.39 is 6.23 Å². The van der Waals surface area contributed by atoms with Gasteiger partial charge in [-0.05, 0) is 60.2 Å². The Bertz CT molecular complexity index is 1700. The third kappa shape index (κ3) is 3.80. The highest BCUT2D eigenvalue weighted by molar-refractivity contribution is 6.31. The van der Waals surface area contributed by atoms with Gasteiger partial charge in [0.1, 0.15) is 5.52 Å². The molecule has 188 valence electrons. The molecule has 2 unspecified atom stereocenters. The van der Waals surface area contributed by atoms with Crippen molar-refractivity contribution in [3.05, 3.63) is 112 Å². The lowest BCUT2D eigenvalue weighted by Crippen LogP contribution is -2.33. The molecule has 4 aromatic carbocycles. The molecule has 2 aliphatic rings. The van der Waals surface area contributed by atoms with Crippen molar-refractivity contribution < 1.29 is 14.0 Å². The average molecular weight is 542 g/mol. The highest BCUT2D eigenvalue weighted by Gasteiger charge is 2.42. The summed E-state index contributed by atoms with van der Waals surface area (Å²) in [5.74, 6) is 2.10. The topological polar surface area (TPSA) is 60.1 Å². The number of fused-ring (bicyclic) bond motifs is 4. The van der Waals surface area contributed by atoms with Gasteiger partial charge in [0.25, 0.3) is 0 Å². The number of para-hydroxylation sites is 1. The molecule has 6 nitrogen and oxygen atoms in total. The summed E-state index contributed by atoms with van der Waals surface area (Å²) in [4.78, 5) is 0. The molecule has 0 saturated carbocycles. The molecular weight excluding hydrogens is 521 g/mol. The van der Waals surface area contributed by atoms with Crippen molar-refractivity contribution in [3.63, 3.8) is 0 Å². The number of benzene rings is 4. The maximum absolute atomic E-state index is 6.65. The van der Waals surface area contributed by atoms with E-state index in [-0.39, 0.29) is 6.04 Å². The van der Waals surface area contributed by atoms with Crippen LogP contribution in [0.4, 0.5) is 0 Å². The first-order valence-electron chi connectivity index (χ1n) is 12.2. The summed E-state index contributed by atoms with van der Waals surface area (Å²) < 4.78 is 18.1. The fraction of sp³-hybridized carbons (Fsp3) is 0.133. The molecule has 2 atom stereocenters. The second-order valence-corrected chi connectivity index (χ2v) is 10.2. The zero-order valence-corrected chi connectivity index (χ0v) is 21.8. The van der Waals surface area contributed by atoms with Crippen molar-refractivity contribution in [1.82, 2.24) is 10.2 Å². The summed E-state index contributed by atoms with van der Waals surface area (Å²) in [7, 11) is 1.66. The van der Waals surface area contributed by atoms with Crippen LogP contribution < -0.4 is 9.47 Å². The number of hydrogen-bond acceptors (Lipinski definition) is 6. The van der Waals surface area contributed by atoms with Gasteiger partial charge < -0.3 is 14.0 Å². The predicted molar refractivity (Wildman–Crippen MR) is 148 cm³/mol. The number of hydrazone groups is 1. The quantitative estimate of drug-likeness (QED) is 0.230. The first-order chi connectivity index (χ1) is 18.6. The van der Waals surface area contributed by atoms with Gasteiger partial charge in [0.05, 0.1) is 24.2 Å². The molecule has 3 heterocycles. The zero-order chi connectivity index (χ0) is 25.8. The molecule has 0 amide bonds. The Morgan fingerprint density at radius 2 is 1.63 bits per heavy atom. The number of halogens is 2. The van der Waals surface area contributed by atoms with Crippen LogP contribution in [0.1, 0.15) is 35.4 Å². The van der Waals surface area contributed by atoms with Gasteiger partial charge in [-0.3, -0.25) is 0 Å². The van der Waals surface area contributed by atoms with Crippen molar-refractivity contribution in [1.29, 1.82) is 0 Å². The summed E-state index contributed by atoms with van der Waals surface area (Å²) in [6.07, 6.45) is 0.249. The smallest absolute Gasteiger partial charge is 0.214 e. The molecule has 0 N–H and O–H groups in total. The summed E-state index contributed by atoms with van der Waals surface area (Å²) in [6.45, 7) is 0. The van der Waals surface area contributed by atoms with Crippen LogP contribution in [0.2, 0.25) is 10.0 Å². The Balaban J connectivity index is 1.35. The van der Waals surface area contributed by atoms with Gasteiger partial charge in [0, 0.05) is 33.2 Å². The molecule has 2 aliphatic heterocycles. The van der Waals surface area contributed by atoms with E-state index in [9.17, 15) is 0 Å². The van der Waals surface area contributed by atoms with E-state index in [0.29, 0.717) is 21.6 Å². The fourth-order valence-electron chi connectivity index (χ4n) is 5.20. The van der Waals surface area contributed by atoms with E-state index in [1.54, 1.807) is 7.11 Å². The van der Waals surface area contributed by atoms with Crippen LogP contribution in [0.3, 0.4) is 0 Å². The number of ether oxygens (including phenoxy) is 2. The van der Waals surface area contributed by atoms with Crippen LogP contribution in [-0.2, 0) is 0 Å². The van der Waals surface area contributed by atoms with Crippen LogP contribution in [0, 0.1) is 0 Å². The average Bonchev–Trinajstić information content (AvgIpc) is 3.58. The normalized spacial score (nSPS) is 18.1. The lowest BCUT2D eigenvalue weighted by Gasteiger charge is -2.38. The zero-order valence-electron chi connectivity index (χ0n) is 20.3. The Morgan fingerprint density at radius 3 is 2.37 bits per heavy atom. The second-order valence-electron chi connectivity index (χ2n) is 9.30. The van der Waals surface area contributed by atoms with Crippen molar-refractivity contribution in [2.24, 2.45) is 5.10 Å². The van der Waals surface area contributed by atoms with Gasteiger partial charge >= 0.3 is 0 Å². The standard InChI is InChI=1S/C30H21Cl2N3O3/c1-36-27-4-2-3-22-26-16-25(17-5-10-20(31)11-6-17)33-35(26)30(37-29(22)27)19-9-14-24-23(15-19)28(38-34-24)18-7-12-21(32)13-8-18/h2-15,26,30H,16H2,1H3. The van der Waals surface area contributed by atoms with E-state index in [1.165, 1.54) is 0 Å². The monoisotopic (exact) mass is 541 g/mol. The Hall–Kier alpha value is -4.00. The Morgan fingerprint density at radius 1 is 0.895 bits per heavy atom. The maximum Gasteiger partial charge on any atom is 0.214 e. The fourth-order valence-corrected chi connectivity index (χ4v) is 5.46. The van der Waals surface area contributed by atoms with E-state index in [4.69, 9.17) is 42.3 Å². The molecule has 0 saturated heterocycles. The minimum atomic E-state index is -0.481. The molecule has 5 aromatic rings. The lowest BCUT2D eigenvalue weighted by atomic mass is 9.95. The lowest BCUT2D eigenvalue weighted by molar-refractivity contribution is -0.0208. The molecule has 0 spiro atoms. The predicted octanol–water partition coefficient (Wildman–Crippen LogP) is 8.05. The summed E-state index contributed by atoms with van der Waals surface area (Å²) in [5.41, 5.74) is 5.64. The molecule has 38 heavy (non-hydrogen) atoms. The molecule has 0 fully saturated rings. The van der Waals surface area contributed by atoms with Crippen molar-refractivity contribution in [2.45, 2.75) is 18.7 Å². The van der Waals surface area contributed by atoms with E-state index in [2.05, 4.69) is 17.3 Å². The SMILES string of the molecule is COc1cccc2c1OC(c1ccc3noc(-c4ccc(Cl)cc4)c3c1)N1N=C(c3ccc(Cl)cc3)CC21. The van der Waals surface area contributed by atoms with Gasteiger partial charge in [-0.25, -0.2) is 5.01 Å². The molecule has 8 heteroatoms. The van der Waals surface area contributed by atoms with E-state index in [1.807, 2.05) is 77.8 Å². The second kappa shape index (κ2) is 9.08. The van der Waals surface area contributed by atoms with Crippen LogP contribution in [0.25, 0.3) is 22.2 Å².